The fourth-order valence-electron chi connectivity index (χ4n) is 1.58. The van der Waals surface area contributed by atoms with Crippen LogP contribution >= 0.6 is 0 Å². The van der Waals surface area contributed by atoms with E-state index in [4.69, 9.17) is 0 Å². The van der Waals surface area contributed by atoms with E-state index in [-0.39, 0.29) is 17.7 Å². The van der Waals surface area contributed by atoms with Crippen molar-refractivity contribution in [2.24, 2.45) is 5.10 Å². The summed E-state index contributed by atoms with van der Waals surface area (Å²) in [6.07, 6.45) is 1.26. The number of aromatic amines is 2. The summed E-state index contributed by atoms with van der Waals surface area (Å²) < 4.78 is 0. The number of carbonyl (C=O) groups excluding carboxylic acids is 1. The Balaban J connectivity index is 1.92. The first-order chi connectivity index (χ1) is 10.0. The fourth-order valence-corrected chi connectivity index (χ4v) is 1.58. The van der Waals surface area contributed by atoms with Crippen molar-refractivity contribution in [1.29, 1.82) is 0 Å². The molecule has 0 aliphatic rings. The van der Waals surface area contributed by atoms with Gasteiger partial charge in [0, 0.05) is 29.5 Å². The van der Waals surface area contributed by atoms with Crippen molar-refractivity contribution in [2.45, 2.75) is 6.42 Å². The molecular weight excluding hydrogens is 278 g/mol. The van der Waals surface area contributed by atoms with Crippen LogP contribution in [0.5, 0.6) is 0 Å². The highest BCUT2D eigenvalue weighted by atomic mass is 16.6. The van der Waals surface area contributed by atoms with Crippen LogP contribution in [0.25, 0.3) is 0 Å². The summed E-state index contributed by atoms with van der Waals surface area (Å²) in [4.78, 5) is 32.5. The summed E-state index contributed by atoms with van der Waals surface area (Å²) in [7, 11) is 0. The monoisotopic (exact) mass is 289 g/mol. The number of H-pyrrole nitrogens is 2. The zero-order chi connectivity index (χ0) is 15.2. The second-order valence-electron chi connectivity index (χ2n) is 4.11. The summed E-state index contributed by atoms with van der Waals surface area (Å²) in [6.45, 7) is 0. The van der Waals surface area contributed by atoms with Crippen molar-refractivity contribution in [3.05, 3.63) is 62.1 Å². The molecule has 9 nitrogen and oxygen atoms in total. The molecule has 21 heavy (non-hydrogen) atoms. The van der Waals surface area contributed by atoms with Crippen molar-refractivity contribution in [2.75, 3.05) is 0 Å². The zero-order valence-electron chi connectivity index (χ0n) is 10.7. The highest BCUT2D eigenvalue weighted by Gasteiger charge is 2.05. The molecule has 1 amide bonds. The highest BCUT2D eigenvalue weighted by molar-refractivity contribution is 5.83. The third kappa shape index (κ3) is 4.13. The van der Waals surface area contributed by atoms with Gasteiger partial charge in [-0.05, 0) is 0 Å². The number of aromatic nitrogens is 2. The molecule has 0 spiro atoms. The summed E-state index contributed by atoms with van der Waals surface area (Å²) in [5.41, 5.74) is 2.80. The van der Waals surface area contributed by atoms with E-state index >= 15 is 0 Å². The van der Waals surface area contributed by atoms with E-state index in [0.717, 1.165) is 0 Å². The Morgan fingerprint density at radius 1 is 1.38 bits per heavy atom. The first kappa shape index (κ1) is 14.2. The van der Waals surface area contributed by atoms with Gasteiger partial charge in [-0.3, -0.25) is 24.8 Å². The number of nitrogens with zero attached hydrogens (tertiary/aromatic N) is 2. The average molecular weight is 289 g/mol. The minimum atomic E-state index is -0.516. The maximum atomic E-state index is 11.5. The van der Waals surface area contributed by atoms with Gasteiger partial charge in [0.15, 0.2) is 0 Å². The molecule has 0 saturated carbocycles. The first-order valence-electron chi connectivity index (χ1n) is 5.87. The van der Waals surface area contributed by atoms with Gasteiger partial charge >= 0.3 is 0 Å². The van der Waals surface area contributed by atoms with Gasteiger partial charge in [-0.1, -0.05) is 12.1 Å². The van der Waals surface area contributed by atoms with Gasteiger partial charge in [-0.2, -0.15) is 5.10 Å². The van der Waals surface area contributed by atoms with Gasteiger partial charge in [0.2, 0.25) is 5.91 Å². The van der Waals surface area contributed by atoms with Crippen LogP contribution in [-0.2, 0) is 11.2 Å². The minimum Gasteiger partial charge on any atom is -0.302 e. The predicted octanol–water partition coefficient (Wildman–Crippen LogP) is 0.304. The van der Waals surface area contributed by atoms with Gasteiger partial charge in [-0.15, -0.1) is 0 Å². The van der Waals surface area contributed by atoms with Crippen molar-refractivity contribution in [3.63, 3.8) is 0 Å². The lowest BCUT2D eigenvalue weighted by Gasteiger charge is -1.97. The zero-order valence-corrected chi connectivity index (χ0v) is 10.7. The largest absolute Gasteiger partial charge is 0.302 e. The number of non-ortho nitro benzene ring substituents is 1. The Morgan fingerprint density at radius 2 is 2.19 bits per heavy atom. The van der Waals surface area contributed by atoms with Crippen molar-refractivity contribution >= 4 is 17.8 Å². The smallest absolute Gasteiger partial charge is 0.270 e. The lowest BCUT2D eigenvalue weighted by molar-refractivity contribution is -0.384. The van der Waals surface area contributed by atoms with Crippen LogP contribution in [0.3, 0.4) is 0 Å². The lowest BCUT2D eigenvalue weighted by atomic mass is 10.2. The SMILES string of the molecule is O=C(Cc1cc(=O)[nH][nH]1)N/N=C\c1cccc([N+](=O)[O-])c1. The van der Waals surface area contributed by atoms with Crippen molar-refractivity contribution in [1.82, 2.24) is 15.6 Å². The van der Waals surface area contributed by atoms with E-state index in [1.165, 1.54) is 30.5 Å². The van der Waals surface area contributed by atoms with Crippen LogP contribution in [0.15, 0.2) is 40.2 Å². The summed E-state index contributed by atoms with van der Waals surface area (Å²) in [5, 5.41) is 19.1. The number of hydrazone groups is 1. The molecule has 0 fully saturated rings. The van der Waals surface area contributed by atoms with Gasteiger partial charge in [0.25, 0.3) is 11.2 Å². The van der Waals surface area contributed by atoms with Crippen LogP contribution < -0.4 is 11.0 Å². The molecule has 2 aromatic rings. The number of benzene rings is 1. The number of nitro benzene ring substituents is 1. The van der Waals surface area contributed by atoms with Crippen LogP contribution in [-0.4, -0.2) is 27.2 Å². The maximum absolute atomic E-state index is 11.5. The number of amides is 1. The summed E-state index contributed by atoms with van der Waals surface area (Å²) in [5.74, 6) is -0.424. The van der Waals surface area contributed by atoms with Gasteiger partial charge < -0.3 is 5.10 Å². The first-order valence-corrected chi connectivity index (χ1v) is 5.87. The topological polar surface area (TPSA) is 133 Å². The molecule has 0 aliphatic heterocycles. The molecule has 0 saturated heterocycles. The molecule has 3 N–H and O–H groups in total. The molecule has 1 aromatic heterocycles. The minimum absolute atomic E-state index is 0.0367. The summed E-state index contributed by atoms with van der Waals surface area (Å²) in [6, 6.07) is 7.10. The Bertz CT molecular complexity index is 746. The van der Waals surface area contributed by atoms with Crippen LogP contribution in [0, 0.1) is 10.1 Å². The van der Waals surface area contributed by atoms with E-state index < -0.39 is 10.8 Å². The number of rotatable bonds is 5. The quantitative estimate of drug-likeness (QED) is 0.414. The Morgan fingerprint density at radius 3 is 2.86 bits per heavy atom. The fraction of sp³-hybridized carbons (Fsp3) is 0.0833. The number of nitrogens with one attached hydrogen (secondary N) is 3. The highest BCUT2D eigenvalue weighted by Crippen LogP contribution is 2.11. The Kier molecular flexibility index (Phi) is 4.24. The van der Waals surface area contributed by atoms with E-state index in [1.807, 2.05) is 0 Å². The standard InChI is InChI=1S/C12H11N5O4/c18-11(5-9-6-12(19)16-14-9)15-13-7-8-2-1-3-10(4-8)17(20)21/h1-4,6-7H,5H2,(H,15,18)(H2,14,16,19)/b13-7-. The van der Waals surface area contributed by atoms with E-state index in [9.17, 15) is 19.7 Å². The van der Waals surface area contributed by atoms with E-state index in [2.05, 4.69) is 20.7 Å². The second-order valence-corrected chi connectivity index (χ2v) is 4.11. The van der Waals surface area contributed by atoms with Crippen LogP contribution in [0.1, 0.15) is 11.3 Å². The normalized spacial score (nSPS) is 10.7. The molecule has 1 heterocycles. The van der Waals surface area contributed by atoms with Crippen molar-refractivity contribution in [3.8, 4) is 0 Å². The van der Waals surface area contributed by atoms with E-state index in [1.54, 1.807) is 6.07 Å². The Labute approximate surface area is 117 Å². The third-order valence-electron chi connectivity index (χ3n) is 2.49. The molecule has 0 bridgehead atoms. The molecular formula is C12H11N5O4. The molecule has 9 heteroatoms. The average Bonchev–Trinajstić information content (AvgIpc) is 2.84. The molecule has 108 valence electrons. The predicted molar refractivity (Wildman–Crippen MR) is 74.0 cm³/mol. The van der Waals surface area contributed by atoms with Crippen LogP contribution in [0.4, 0.5) is 5.69 Å². The number of hydrogen-bond donors (Lipinski definition) is 3. The maximum Gasteiger partial charge on any atom is 0.270 e. The molecule has 0 unspecified atom stereocenters. The molecule has 0 radical (unpaired) electrons. The van der Waals surface area contributed by atoms with Crippen LogP contribution in [0.2, 0.25) is 0 Å². The third-order valence-corrected chi connectivity index (χ3v) is 2.49. The molecule has 1 aromatic carbocycles. The second kappa shape index (κ2) is 6.28. The number of carbonyl (C=O) groups is 1. The van der Waals surface area contributed by atoms with E-state index in [0.29, 0.717) is 11.3 Å². The van der Waals surface area contributed by atoms with Gasteiger partial charge in [-0.25, -0.2) is 5.43 Å². The van der Waals surface area contributed by atoms with Gasteiger partial charge in [0.1, 0.15) is 0 Å². The summed E-state index contributed by atoms with van der Waals surface area (Å²) >= 11 is 0. The Hall–Kier alpha value is -3.23. The number of hydrogen-bond acceptors (Lipinski definition) is 5. The number of nitro groups is 1. The molecule has 0 aliphatic carbocycles. The van der Waals surface area contributed by atoms with Gasteiger partial charge in [0.05, 0.1) is 17.6 Å². The van der Waals surface area contributed by atoms with Crippen molar-refractivity contribution < 1.29 is 9.72 Å². The molecule has 0 atom stereocenters. The lowest BCUT2D eigenvalue weighted by Crippen LogP contribution is -2.20. The molecule has 2 rings (SSSR count).